The summed E-state index contributed by atoms with van der Waals surface area (Å²) >= 11 is 0. The molecule has 1 amide bonds. The van der Waals surface area contributed by atoms with E-state index in [4.69, 9.17) is 5.11 Å². The van der Waals surface area contributed by atoms with Gasteiger partial charge < -0.3 is 10.4 Å². The number of carbonyl (C=O) groups excluding carboxylic acids is 1. The molecule has 0 aliphatic rings. The predicted octanol–water partition coefficient (Wildman–Crippen LogP) is 2.50. The summed E-state index contributed by atoms with van der Waals surface area (Å²) in [5.41, 5.74) is 0.840. The molecule has 2 rings (SSSR count). The summed E-state index contributed by atoms with van der Waals surface area (Å²) in [5.74, 6) is -1.93. The first-order valence-electron chi connectivity index (χ1n) is 6.43. The van der Waals surface area contributed by atoms with Crippen molar-refractivity contribution in [1.29, 1.82) is 0 Å². The Kier molecular flexibility index (Phi) is 4.66. The average Bonchev–Trinajstić information content (AvgIpc) is 2.47. The highest BCUT2D eigenvalue weighted by molar-refractivity contribution is 6.04. The molecule has 0 saturated heterocycles. The van der Waals surface area contributed by atoms with Crippen LogP contribution in [0.2, 0.25) is 0 Å². The molecule has 0 aliphatic carbocycles. The van der Waals surface area contributed by atoms with Crippen LogP contribution in [0.5, 0.6) is 0 Å². The van der Waals surface area contributed by atoms with Gasteiger partial charge in [-0.25, -0.2) is 9.18 Å². The van der Waals surface area contributed by atoms with Crippen LogP contribution >= 0.6 is 0 Å². The standard InChI is InChI=1S/C16H14FNO3/c17-12-5-3-4-11(10-12)8-9-18-15(19)13-6-1-2-7-14(13)16(20)21/h1-7,10H,8-9H2,(H,18,19)(H,20,21). The molecule has 0 unspecified atom stereocenters. The van der Waals surface area contributed by atoms with Crippen LogP contribution in [0.1, 0.15) is 26.3 Å². The van der Waals surface area contributed by atoms with Crippen molar-refractivity contribution in [2.24, 2.45) is 0 Å². The number of carbonyl (C=O) groups is 2. The van der Waals surface area contributed by atoms with E-state index in [-0.39, 0.29) is 16.9 Å². The Morgan fingerprint density at radius 2 is 1.76 bits per heavy atom. The molecular formula is C16H14FNO3. The summed E-state index contributed by atoms with van der Waals surface area (Å²) < 4.78 is 13.0. The van der Waals surface area contributed by atoms with Crippen molar-refractivity contribution in [3.05, 3.63) is 71.0 Å². The van der Waals surface area contributed by atoms with E-state index in [1.165, 1.54) is 24.3 Å². The summed E-state index contributed by atoms with van der Waals surface area (Å²) in [4.78, 5) is 23.0. The molecule has 0 spiro atoms. The highest BCUT2D eigenvalue weighted by atomic mass is 19.1. The van der Waals surface area contributed by atoms with E-state index in [0.29, 0.717) is 13.0 Å². The molecule has 0 saturated carbocycles. The molecule has 21 heavy (non-hydrogen) atoms. The second-order valence-corrected chi connectivity index (χ2v) is 4.49. The summed E-state index contributed by atoms with van der Waals surface area (Å²) in [7, 11) is 0. The monoisotopic (exact) mass is 287 g/mol. The maximum atomic E-state index is 13.0. The zero-order valence-corrected chi connectivity index (χ0v) is 11.2. The molecule has 0 radical (unpaired) electrons. The number of carboxylic acids is 1. The number of hydrogen-bond donors (Lipinski definition) is 2. The lowest BCUT2D eigenvalue weighted by atomic mass is 10.1. The number of amides is 1. The van der Waals surface area contributed by atoms with E-state index in [1.54, 1.807) is 24.3 Å². The van der Waals surface area contributed by atoms with Crippen molar-refractivity contribution in [1.82, 2.24) is 5.32 Å². The maximum Gasteiger partial charge on any atom is 0.336 e. The molecule has 2 N–H and O–H groups in total. The van der Waals surface area contributed by atoms with Crippen LogP contribution < -0.4 is 5.32 Å². The molecule has 5 heteroatoms. The van der Waals surface area contributed by atoms with Crippen LogP contribution in [0.3, 0.4) is 0 Å². The van der Waals surface area contributed by atoms with Gasteiger partial charge in [0.1, 0.15) is 5.82 Å². The van der Waals surface area contributed by atoms with Crippen molar-refractivity contribution in [3.63, 3.8) is 0 Å². The smallest absolute Gasteiger partial charge is 0.336 e. The third kappa shape index (κ3) is 3.89. The first kappa shape index (κ1) is 14.7. The number of halogens is 1. The highest BCUT2D eigenvalue weighted by Gasteiger charge is 2.15. The van der Waals surface area contributed by atoms with Gasteiger partial charge in [-0.15, -0.1) is 0 Å². The Morgan fingerprint density at radius 3 is 2.43 bits per heavy atom. The highest BCUT2D eigenvalue weighted by Crippen LogP contribution is 2.09. The number of nitrogens with one attached hydrogen (secondary N) is 1. The summed E-state index contributed by atoms with van der Waals surface area (Å²) in [6.45, 7) is 0.302. The molecule has 0 atom stereocenters. The van der Waals surface area contributed by atoms with E-state index < -0.39 is 11.9 Å². The zero-order chi connectivity index (χ0) is 15.2. The molecule has 2 aromatic rings. The average molecular weight is 287 g/mol. The van der Waals surface area contributed by atoms with Crippen LogP contribution in [0.25, 0.3) is 0 Å². The van der Waals surface area contributed by atoms with Gasteiger partial charge in [0.15, 0.2) is 0 Å². The van der Waals surface area contributed by atoms with E-state index in [1.807, 2.05) is 0 Å². The molecule has 0 heterocycles. The minimum absolute atomic E-state index is 0.0410. The van der Waals surface area contributed by atoms with Gasteiger partial charge in [-0.1, -0.05) is 24.3 Å². The molecule has 4 nitrogen and oxygen atoms in total. The first-order chi connectivity index (χ1) is 10.1. The van der Waals surface area contributed by atoms with Gasteiger partial charge in [-0.3, -0.25) is 4.79 Å². The summed E-state index contributed by atoms with van der Waals surface area (Å²) in [6.07, 6.45) is 0.471. The first-order valence-corrected chi connectivity index (χ1v) is 6.43. The number of carboxylic acid groups (broad SMARTS) is 1. The van der Waals surface area contributed by atoms with Gasteiger partial charge in [0.05, 0.1) is 11.1 Å². The maximum absolute atomic E-state index is 13.0. The molecule has 0 fully saturated rings. The van der Waals surface area contributed by atoms with Crippen LogP contribution in [-0.2, 0) is 6.42 Å². The summed E-state index contributed by atoms with van der Waals surface area (Å²) in [5, 5.41) is 11.7. The van der Waals surface area contributed by atoms with Gasteiger partial charge in [-0.05, 0) is 36.2 Å². The van der Waals surface area contributed by atoms with Crippen LogP contribution in [0.15, 0.2) is 48.5 Å². The lowest BCUT2D eigenvalue weighted by Crippen LogP contribution is -2.27. The predicted molar refractivity (Wildman–Crippen MR) is 75.8 cm³/mol. The van der Waals surface area contributed by atoms with E-state index in [2.05, 4.69) is 5.32 Å². The van der Waals surface area contributed by atoms with Crippen LogP contribution in [0, 0.1) is 5.82 Å². The largest absolute Gasteiger partial charge is 0.478 e. The van der Waals surface area contributed by atoms with Crippen molar-refractivity contribution in [2.75, 3.05) is 6.54 Å². The Balaban J connectivity index is 1.98. The van der Waals surface area contributed by atoms with Crippen molar-refractivity contribution < 1.29 is 19.1 Å². The Morgan fingerprint density at radius 1 is 1.05 bits per heavy atom. The Labute approximate surface area is 121 Å². The van der Waals surface area contributed by atoms with Crippen LogP contribution in [-0.4, -0.2) is 23.5 Å². The fourth-order valence-corrected chi connectivity index (χ4v) is 1.98. The Hall–Kier alpha value is -2.69. The van der Waals surface area contributed by atoms with Gasteiger partial charge in [0.2, 0.25) is 0 Å². The van der Waals surface area contributed by atoms with Gasteiger partial charge >= 0.3 is 5.97 Å². The minimum Gasteiger partial charge on any atom is -0.478 e. The fraction of sp³-hybridized carbons (Fsp3) is 0.125. The van der Waals surface area contributed by atoms with E-state index >= 15 is 0 Å². The van der Waals surface area contributed by atoms with Gasteiger partial charge in [0, 0.05) is 6.54 Å². The minimum atomic E-state index is -1.15. The second-order valence-electron chi connectivity index (χ2n) is 4.49. The Bertz CT molecular complexity index is 670. The second kappa shape index (κ2) is 6.65. The molecule has 0 bridgehead atoms. The fourth-order valence-electron chi connectivity index (χ4n) is 1.98. The van der Waals surface area contributed by atoms with Gasteiger partial charge in [-0.2, -0.15) is 0 Å². The van der Waals surface area contributed by atoms with Crippen molar-refractivity contribution in [2.45, 2.75) is 6.42 Å². The number of aromatic carboxylic acids is 1. The van der Waals surface area contributed by atoms with Crippen LogP contribution in [0.4, 0.5) is 4.39 Å². The lowest BCUT2D eigenvalue weighted by Gasteiger charge is -2.07. The van der Waals surface area contributed by atoms with Gasteiger partial charge in [0.25, 0.3) is 5.91 Å². The van der Waals surface area contributed by atoms with E-state index in [9.17, 15) is 14.0 Å². The van der Waals surface area contributed by atoms with E-state index in [0.717, 1.165) is 5.56 Å². The topological polar surface area (TPSA) is 66.4 Å². The zero-order valence-electron chi connectivity index (χ0n) is 11.2. The lowest BCUT2D eigenvalue weighted by molar-refractivity contribution is 0.0691. The SMILES string of the molecule is O=C(O)c1ccccc1C(=O)NCCc1cccc(F)c1. The molecule has 0 aromatic heterocycles. The molecule has 108 valence electrons. The molecule has 2 aromatic carbocycles. The molecule has 0 aliphatic heterocycles. The third-order valence-corrected chi connectivity index (χ3v) is 2.99. The number of rotatable bonds is 5. The van der Waals surface area contributed by atoms with Crippen molar-refractivity contribution >= 4 is 11.9 Å². The normalized spacial score (nSPS) is 10.1. The molecular weight excluding hydrogens is 273 g/mol. The number of hydrogen-bond acceptors (Lipinski definition) is 2. The van der Waals surface area contributed by atoms with Crippen molar-refractivity contribution in [3.8, 4) is 0 Å². The summed E-state index contributed by atoms with van der Waals surface area (Å²) in [6, 6.07) is 12.1. The quantitative estimate of drug-likeness (QED) is 0.888. The number of benzene rings is 2. The third-order valence-electron chi connectivity index (χ3n) is 2.99.